The van der Waals surface area contributed by atoms with Crippen molar-refractivity contribution in [2.45, 2.75) is 12.6 Å². The molecule has 1 aliphatic rings. The first-order valence-electron chi connectivity index (χ1n) is 5.71. The largest absolute Gasteiger partial charge is 0.416 e. The average Bonchev–Trinajstić information content (AvgIpc) is 2.67. The fraction of sp³-hybridized carbons (Fsp3) is 0.417. The summed E-state index contributed by atoms with van der Waals surface area (Å²) in [5, 5.41) is 0. The van der Waals surface area contributed by atoms with Gasteiger partial charge in [0.25, 0.3) is 0 Å². The first kappa shape index (κ1) is 15.0. The van der Waals surface area contributed by atoms with Crippen molar-refractivity contribution in [3.05, 3.63) is 35.1 Å². The number of benzene rings is 1. The minimum absolute atomic E-state index is 0.0546. The summed E-state index contributed by atoms with van der Waals surface area (Å²) in [5.74, 6) is -3.42. The lowest BCUT2D eigenvalue weighted by Gasteiger charge is -2.11. The van der Waals surface area contributed by atoms with Gasteiger partial charge < -0.3 is 0 Å². The van der Waals surface area contributed by atoms with Gasteiger partial charge in [0.1, 0.15) is 5.82 Å². The van der Waals surface area contributed by atoms with Crippen LogP contribution in [0.1, 0.15) is 22.3 Å². The number of halogens is 4. The fourth-order valence-electron chi connectivity index (χ4n) is 2.13. The lowest BCUT2D eigenvalue weighted by Crippen LogP contribution is -2.17. The van der Waals surface area contributed by atoms with Crippen LogP contribution in [-0.4, -0.2) is 25.7 Å². The van der Waals surface area contributed by atoms with E-state index in [4.69, 9.17) is 0 Å². The highest BCUT2D eigenvalue weighted by Crippen LogP contribution is 2.31. The predicted octanol–water partition coefficient (Wildman–Crippen LogP) is 2.46. The number of hydrogen-bond donors (Lipinski definition) is 0. The topological polar surface area (TPSA) is 51.2 Å². The zero-order valence-electron chi connectivity index (χ0n) is 10.1. The molecule has 0 aromatic heterocycles. The standard InChI is InChI=1S/C12H10F4O3S/c13-10-4-8(3-9(5-10)12(14,15)16)11(17)7-1-2-20(18,19)6-7/h3-5,7H,1-2,6H2. The van der Waals surface area contributed by atoms with Gasteiger partial charge in [0.05, 0.1) is 17.1 Å². The van der Waals surface area contributed by atoms with Crippen LogP contribution in [-0.2, 0) is 16.0 Å². The molecule has 1 fully saturated rings. The molecule has 3 nitrogen and oxygen atoms in total. The van der Waals surface area contributed by atoms with Gasteiger partial charge in [0, 0.05) is 11.5 Å². The normalized spacial score (nSPS) is 21.9. The highest BCUT2D eigenvalue weighted by atomic mass is 32.2. The first-order chi connectivity index (χ1) is 9.08. The molecule has 0 bridgehead atoms. The zero-order chi connectivity index (χ0) is 15.1. The Kier molecular flexibility index (Phi) is 3.62. The van der Waals surface area contributed by atoms with Gasteiger partial charge in [-0.2, -0.15) is 13.2 Å². The van der Waals surface area contributed by atoms with Crippen molar-refractivity contribution >= 4 is 15.6 Å². The van der Waals surface area contributed by atoms with E-state index < -0.39 is 50.4 Å². The molecule has 1 heterocycles. The third-order valence-corrected chi connectivity index (χ3v) is 4.88. The van der Waals surface area contributed by atoms with E-state index in [0.29, 0.717) is 18.2 Å². The summed E-state index contributed by atoms with van der Waals surface area (Å²) in [4.78, 5) is 12.0. The van der Waals surface area contributed by atoms with Gasteiger partial charge in [-0.15, -0.1) is 0 Å². The zero-order valence-corrected chi connectivity index (χ0v) is 10.9. The molecule has 110 valence electrons. The fourth-order valence-corrected chi connectivity index (χ4v) is 3.87. The SMILES string of the molecule is O=C(c1cc(F)cc(C(F)(F)F)c1)C1CCS(=O)(=O)C1. The van der Waals surface area contributed by atoms with Crippen LogP contribution in [0, 0.1) is 11.7 Å². The van der Waals surface area contributed by atoms with Gasteiger partial charge in [-0.05, 0) is 24.6 Å². The summed E-state index contributed by atoms with van der Waals surface area (Å²) >= 11 is 0. The second kappa shape index (κ2) is 4.83. The maximum Gasteiger partial charge on any atom is 0.416 e. The number of carbonyl (C=O) groups is 1. The quantitative estimate of drug-likeness (QED) is 0.623. The molecule has 0 amide bonds. The Morgan fingerprint density at radius 2 is 1.85 bits per heavy atom. The third-order valence-electron chi connectivity index (χ3n) is 3.11. The summed E-state index contributed by atoms with van der Waals surface area (Å²) in [6, 6.07) is 1.54. The number of hydrogen-bond acceptors (Lipinski definition) is 3. The minimum Gasteiger partial charge on any atom is -0.294 e. The summed E-state index contributed by atoms with van der Waals surface area (Å²) in [7, 11) is -3.33. The van der Waals surface area contributed by atoms with Crippen molar-refractivity contribution in [3.8, 4) is 0 Å². The van der Waals surface area contributed by atoms with Crippen LogP contribution in [0.4, 0.5) is 17.6 Å². The molecule has 1 unspecified atom stereocenters. The lowest BCUT2D eigenvalue weighted by molar-refractivity contribution is -0.137. The molecular formula is C12H10F4O3S. The van der Waals surface area contributed by atoms with Crippen LogP contribution in [0.15, 0.2) is 18.2 Å². The molecule has 1 aromatic rings. The number of carbonyl (C=O) groups excluding carboxylic acids is 1. The number of ketones is 1. The van der Waals surface area contributed by atoms with Gasteiger partial charge in [-0.25, -0.2) is 12.8 Å². The van der Waals surface area contributed by atoms with Crippen LogP contribution in [0.25, 0.3) is 0 Å². The van der Waals surface area contributed by atoms with E-state index in [0.717, 1.165) is 0 Å². The monoisotopic (exact) mass is 310 g/mol. The second-order valence-corrected chi connectivity index (χ2v) is 6.92. The Bertz CT molecular complexity index is 649. The number of Topliss-reactive ketones (excluding diaryl/α,β-unsaturated/α-hetero) is 1. The van der Waals surface area contributed by atoms with Crippen LogP contribution in [0.3, 0.4) is 0 Å². The molecule has 1 saturated heterocycles. The molecule has 0 spiro atoms. The molecule has 2 rings (SSSR count). The molecule has 0 radical (unpaired) electrons. The van der Waals surface area contributed by atoms with E-state index >= 15 is 0 Å². The Morgan fingerprint density at radius 1 is 1.20 bits per heavy atom. The van der Waals surface area contributed by atoms with Gasteiger partial charge >= 0.3 is 6.18 Å². The van der Waals surface area contributed by atoms with E-state index in [1.54, 1.807) is 0 Å². The van der Waals surface area contributed by atoms with Crippen LogP contribution in [0.5, 0.6) is 0 Å². The van der Waals surface area contributed by atoms with Crippen molar-refractivity contribution in [2.75, 3.05) is 11.5 Å². The molecular weight excluding hydrogens is 300 g/mol. The number of sulfone groups is 1. The van der Waals surface area contributed by atoms with Crippen molar-refractivity contribution in [1.29, 1.82) is 0 Å². The Morgan fingerprint density at radius 3 is 2.35 bits per heavy atom. The lowest BCUT2D eigenvalue weighted by atomic mass is 9.96. The highest BCUT2D eigenvalue weighted by Gasteiger charge is 2.36. The summed E-state index contributed by atoms with van der Waals surface area (Å²) in [6.07, 6.45) is -4.71. The molecule has 1 aliphatic heterocycles. The molecule has 8 heteroatoms. The Labute approximate surface area is 112 Å². The van der Waals surface area contributed by atoms with Crippen LogP contribution >= 0.6 is 0 Å². The second-order valence-electron chi connectivity index (χ2n) is 4.69. The highest BCUT2D eigenvalue weighted by molar-refractivity contribution is 7.91. The summed E-state index contributed by atoms with van der Waals surface area (Å²) in [5.41, 5.74) is -1.71. The maximum absolute atomic E-state index is 13.2. The van der Waals surface area contributed by atoms with E-state index in [9.17, 15) is 30.8 Å². The summed E-state index contributed by atoms with van der Waals surface area (Å²) < 4.78 is 73.3. The summed E-state index contributed by atoms with van der Waals surface area (Å²) in [6.45, 7) is 0. The van der Waals surface area contributed by atoms with Crippen molar-refractivity contribution in [3.63, 3.8) is 0 Å². The number of alkyl halides is 3. The van der Waals surface area contributed by atoms with E-state index in [2.05, 4.69) is 0 Å². The number of rotatable bonds is 2. The predicted molar refractivity (Wildman–Crippen MR) is 62.5 cm³/mol. The third kappa shape index (κ3) is 3.17. The average molecular weight is 310 g/mol. The van der Waals surface area contributed by atoms with E-state index in [-0.39, 0.29) is 12.2 Å². The Hall–Kier alpha value is -1.44. The van der Waals surface area contributed by atoms with Gasteiger partial charge in [-0.1, -0.05) is 0 Å². The van der Waals surface area contributed by atoms with Crippen LogP contribution in [0.2, 0.25) is 0 Å². The molecule has 0 N–H and O–H groups in total. The van der Waals surface area contributed by atoms with E-state index in [1.807, 2.05) is 0 Å². The molecule has 1 atom stereocenters. The molecule has 0 saturated carbocycles. The van der Waals surface area contributed by atoms with Crippen molar-refractivity contribution in [1.82, 2.24) is 0 Å². The molecule has 1 aromatic carbocycles. The van der Waals surface area contributed by atoms with Crippen LogP contribution < -0.4 is 0 Å². The van der Waals surface area contributed by atoms with Gasteiger partial charge in [-0.3, -0.25) is 4.79 Å². The first-order valence-corrected chi connectivity index (χ1v) is 7.53. The molecule has 0 aliphatic carbocycles. The van der Waals surface area contributed by atoms with Crippen molar-refractivity contribution < 1.29 is 30.8 Å². The smallest absolute Gasteiger partial charge is 0.294 e. The molecule has 20 heavy (non-hydrogen) atoms. The maximum atomic E-state index is 13.2. The van der Waals surface area contributed by atoms with E-state index in [1.165, 1.54) is 0 Å². The van der Waals surface area contributed by atoms with Gasteiger partial charge in [0.15, 0.2) is 15.6 Å². The van der Waals surface area contributed by atoms with Gasteiger partial charge in [0.2, 0.25) is 0 Å². The Balaban J connectivity index is 2.34. The minimum atomic E-state index is -4.76. The van der Waals surface area contributed by atoms with Crippen molar-refractivity contribution in [2.24, 2.45) is 5.92 Å².